The summed E-state index contributed by atoms with van der Waals surface area (Å²) >= 11 is 0. The van der Waals surface area contributed by atoms with Crippen LogP contribution in [0.3, 0.4) is 0 Å². The van der Waals surface area contributed by atoms with Gasteiger partial charge in [0.2, 0.25) is 15.9 Å². The van der Waals surface area contributed by atoms with Crippen molar-refractivity contribution in [1.29, 1.82) is 0 Å². The standard InChI is InChI=1S/C16H23N5O4S/c1-11(10-17-2)15(22)20-5-7-21(8-6-20)26(24,25)12-3-4-13-14(9-12)19-16(23)18-13/h3-4,9,11,17H,5-8,10H2,1-2H3,(H2,18,19,23). The molecule has 0 bridgehead atoms. The molecule has 1 atom stereocenters. The highest BCUT2D eigenvalue weighted by molar-refractivity contribution is 7.89. The summed E-state index contributed by atoms with van der Waals surface area (Å²) in [5.74, 6) is -0.112. The quantitative estimate of drug-likeness (QED) is 0.648. The molecule has 0 aliphatic carbocycles. The van der Waals surface area contributed by atoms with Crippen molar-refractivity contribution in [2.45, 2.75) is 11.8 Å². The van der Waals surface area contributed by atoms with Gasteiger partial charge in [0.05, 0.1) is 15.9 Å². The lowest BCUT2D eigenvalue weighted by Gasteiger charge is -2.35. The summed E-state index contributed by atoms with van der Waals surface area (Å²) in [4.78, 5) is 30.7. The van der Waals surface area contributed by atoms with Crippen LogP contribution >= 0.6 is 0 Å². The van der Waals surface area contributed by atoms with Gasteiger partial charge in [0.25, 0.3) is 0 Å². The molecule has 9 nitrogen and oxygen atoms in total. The fraction of sp³-hybridized carbons (Fsp3) is 0.500. The van der Waals surface area contributed by atoms with E-state index in [9.17, 15) is 18.0 Å². The van der Waals surface area contributed by atoms with Gasteiger partial charge in [0.1, 0.15) is 0 Å². The van der Waals surface area contributed by atoms with Gasteiger partial charge in [-0.05, 0) is 25.2 Å². The smallest absolute Gasteiger partial charge is 0.323 e. The Balaban J connectivity index is 1.73. The van der Waals surface area contributed by atoms with Gasteiger partial charge in [0, 0.05) is 38.6 Å². The molecule has 1 saturated heterocycles. The van der Waals surface area contributed by atoms with Crippen LogP contribution in [0.1, 0.15) is 6.92 Å². The third kappa shape index (κ3) is 3.53. The number of H-pyrrole nitrogens is 2. The zero-order chi connectivity index (χ0) is 18.9. The average Bonchev–Trinajstić information content (AvgIpc) is 3.00. The minimum Gasteiger partial charge on any atom is -0.340 e. The Morgan fingerprint density at radius 1 is 1.19 bits per heavy atom. The SMILES string of the molecule is CNCC(C)C(=O)N1CCN(S(=O)(=O)c2ccc3[nH]c(=O)[nH]c3c2)CC1. The number of carbonyl (C=O) groups excluding carboxylic acids is 1. The molecule has 3 N–H and O–H groups in total. The van der Waals surface area contributed by atoms with Crippen LogP contribution in [-0.2, 0) is 14.8 Å². The molecule has 2 heterocycles. The zero-order valence-electron chi connectivity index (χ0n) is 14.8. The van der Waals surface area contributed by atoms with Crippen molar-refractivity contribution in [2.24, 2.45) is 5.92 Å². The Kier molecular flexibility index (Phi) is 5.17. The van der Waals surface area contributed by atoms with Crippen LogP contribution in [0.4, 0.5) is 0 Å². The third-order valence-corrected chi connectivity index (χ3v) is 6.50. The second-order valence-electron chi connectivity index (χ2n) is 6.47. The van der Waals surface area contributed by atoms with Gasteiger partial charge in [-0.3, -0.25) is 4.79 Å². The highest BCUT2D eigenvalue weighted by Gasteiger charge is 2.31. The Morgan fingerprint density at radius 2 is 1.85 bits per heavy atom. The van der Waals surface area contributed by atoms with Gasteiger partial charge in [-0.1, -0.05) is 6.92 Å². The molecule has 1 aromatic carbocycles. The fourth-order valence-corrected chi connectivity index (χ4v) is 4.62. The molecule has 1 aliphatic rings. The van der Waals surface area contributed by atoms with Gasteiger partial charge in [-0.25, -0.2) is 13.2 Å². The van der Waals surface area contributed by atoms with E-state index in [0.717, 1.165) is 0 Å². The number of nitrogens with one attached hydrogen (secondary N) is 3. The number of sulfonamides is 1. The maximum atomic E-state index is 12.9. The molecule has 0 spiro atoms. The number of imidazole rings is 1. The first-order valence-corrected chi connectivity index (χ1v) is 9.92. The van der Waals surface area contributed by atoms with E-state index in [1.54, 1.807) is 18.0 Å². The van der Waals surface area contributed by atoms with Crippen LogP contribution in [0.5, 0.6) is 0 Å². The number of hydrogen-bond acceptors (Lipinski definition) is 5. The molecule has 1 unspecified atom stereocenters. The molecule has 10 heteroatoms. The molecule has 1 fully saturated rings. The molecule has 3 rings (SSSR count). The van der Waals surface area contributed by atoms with Crippen molar-refractivity contribution < 1.29 is 13.2 Å². The van der Waals surface area contributed by atoms with E-state index >= 15 is 0 Å². The molecule has 0 radical (unpaired) electrons. The first-order valence-electron chi connectivity index (χ1n) is 8.48. The summed E-state index contributed by atoms with van der Waals surface area (Å²) in [7, 11) is -1.88. The van der Waals surface area contributed by atoms with Gasteiger partial charge in [-0.15, -0.1) is 0 Å². The first kappa shape index (κ1) is 18.6. The van der Waals surface area contributed by atoms with Crippen molar-refractivity contribution in [3.63, 3.8) is 0 Å². The number of amides is 1. The molecule has 2 aromatic rings. The lowest BCUT2D eigenvalue weighted by Crippen LogP contribution is -2.52. The summed E-state index contributed by atoms with van der Waals surface area (Å²) < 4.78 is 27.1. The molecule has 26 heavy (non-hydrogen) atoms. The van der Waals surface area contributed by atoms with Crippen molar-refractivity contribution in [1.82, 2.24) is 24.5 Å². The number of carbonyl (C=O) groups is 1. The maximum absolute atomic E-state index is 12.9. The molecule has 142 valence electrons. The van der Waals surface area contributed by atoms with Gasteiger partial charge in [0.15, 0.2) is 0 Å². The number of piperazine rings is 1. The number of nitrogens with zero attached hydrogens (tertiary/aromatic N) is 2. The Hall–Kier alpha value is -2.17. The van der Waals surface area contributed by atoms with E-state index in [0.29, 0.717) is 30.7 Å². The number of benzene rings is 1. The van der Waals surface area contributed by atoms with Crippen molar-refractivity contribution in [3.8, 4) is 0 Å². The van der Waals surface area contributed by atoms with E-state index in [1.807, 2.05) is 6.92 Å². The lowest BCUT2D eigenvalue weighted by molar-refractivity contribution is -0.136. The second kappa shape index (κ2) is 7.22. The normalized spacial score (nSPS) is 17.5. The predicted molar refractivity (Wildman–Crippen MR) is 97.3 cm³/mol. The van der Waals surface area contributed by atoms with Crippen LogP contribution in [-0.4, -0.2) is 73.3 Å². The highest BCUT2D eigenvalue weighted by Crippen LogP contribution is 2.21. The zero-order valence-corrected chi connectivity index (χ0v) is 15.6. The van der Waals surface area contributed by atoms with Crippen LogP contribution in [0, 0.1) is 5.92 Å². The Labute approximate surface area is 151 Å². The van der Waals surface area contributed by atoms with E-state index in [4.69, 9.17) is 0 Å². The minimum atomic E-state index is -3.68. The number of rotatable bonds is 5. The van der Waals surface area contributed by atoms with Gasteiger partial charge in [-0.2, -0.15) is 4.31 Å². The van der Waals surface area contributed by atoms with Crippen molar-refractivity contribution in [3.05, 3.63) is 28.7 Å². The van der Waals surface area contributed by atoms with Crippen molar-refractivity contribution in [2.75, 3.05) is 39.8 Å². The van der Waals surface area contributed by atoms with Crippen LogP contribution < -0.4 is 11.0 Å². The monoisotopic (exact) mass is 381 g/mol. The lowest BCUT2D eigenvalue weighted by atomic mass is 10.1. The fourth-order valence-electron chi connectivity index (χ4n) is 3.18. The number of hydrogen-bond donors (Lipinski definition) is 3. The van der Waals surface area contributed by atoms with E-state index in [1.165, 1.54) is 16.4 Å². The number of aromatic nitrogens is 2. The van der Waals surface area contributed by atoms with Gasteiger partial charge >= 0.3 is 5.69 Å². The van der Waals surface area contributed by atoms with Gasteiger partial charge < -0.3 is 20.2 Å². The second-order valence-corrected chi connectivity index (χ2v) is 8.41. The predicted octanol–water partition coefficient (Wildman–Crippen LogP) is -0.455. The summed E-state index contributed by atoms with van der Waals surface area (Å²) in [6.45, 7) is 3.69. The Bertz CT molecular complexity index is 956. The van der Waals surface area contributed by atoms with E-state index < -0.39 is 10.0 Å². The van der Waals surface area contributed by atoms with Crippen molar-refractivity contribution >= 4 is 27.0 Å². The topological polar surface area (TPSA) is 118 Å². The maximum Gasteiger partial charge on any atom is 0.323 e. The third-order valence-electron chi connectivity index (χ3n) is 4.61. The van der Waals surface area contributed by atoms with E-state index in [-0.39, 0.29) is 35.5 Å². The van der Waals surface area contributed by atoms with E-state index in [2.05, 4.69) is 15.3 Å². The molecule has 1 amide bonds. The largest absolute Gasteiger partial charge is 0.340 e. The summed E-state index contributed by atoms with van der Waals surface area (Å²) in [5.41, 5.74) is 0.631. The molecular formula is C16H23N5O4S. The Morgan fingerprint density at radius 3 is 2.50 bits per heavy atom. The average molecular weight is 381 g/mol. The minimum absolute atomic E-state index is 0.0303. The molecule has 0 saturated carbocycles. The summed E-state index contributed by atoms with van der Waals surface area (Å²) in [6, 6.07) is 4.50. The van der Waals surface area contributed by atoms with Crippen LogP contribution in [0.15, 0.2) is 27.9 Å². The summed E-state index contributed by atoms with van der Waals surface area (Å²) in [5, 5.41) is 2.98. The summed E-state index contributed by atoms with van der Waals surface area (Å²) in [6.07, 6.45) is 0. The molecular weight excluding hydrogens is 358 g/mol. The number of aromatic amines is 2. The van der Waals surface area contributed by atoms with Crippen LogP contribution in [0.2, 0.25) is 0 Å². The van der Waals surface area contributed by atoms with Crippen LogP contribution in [0.25, 0.3) is 11.0 Å². The number of fused-ring (bicyclic) bond motifs is 1. The molecule has 1 aliphatic heterocycles. The molecule has 1 aromatic heterocycles. The highest BCUT2D eigenvalue weighted by atomic mass is 32.2. The first-order chi connectivity index (χ1) is 12.3.